The van der Waals surface area contributed by atoms with Gasteiger partial charge in [0.1, 0.15) is 12.0 Å². The number of halogens is 1. The molecule has 0 bridgehead atoms. The average Bonchev–Trinajstić information content (AvgIpc) is 3.71. The molecule has 2 nitrogen and oxygen atoms in total. The summed E-state index contributed by atoms with van der Waals surface area (Å²) in [4.78, 5) is 8.81. The molecule has 1 unspecified atom stereocenters. The molecule has 41 heavy (non-hydrogen) atoms. The summed E-state index contributed by atoms with van der Waals surface area (Å²) >= 11 is 0. The van der Waals surface area contributed by atoms with Crippen LogP contribution in [0, 0.1) is 18.8 Å². The summed E-state index contributed by atoms with van der Waals surface area (Å²) < 4.78 is 12.1. The maximum Gasteiger partial charge on any atom is 0.116 e. The fraction of sp³-hybridized carbons (Fsp3) is 0.500. The first-order valence-electron chi connectivity index (χ1n) is 14.9. The van der Waals surface area contributed by atoms with Gasteiger partial charge >= 0.3 is 0 Å². The Kier molecular flexibility index (Phi) is 20.7. The monoisotopic (exact) mass is 565 g/mol. The molecule has 0 aliphatic heterocycles. The molecule has 1 fully saturated rings. The van der Waals surface area contributed by atoms with Gasteiger partial charge in [-0.2, -0.15) is 0 Å². The van der Waals surface area contributed by atoms with Gasteiger partial charge in [-0.25, -0.2) is 4.39 Å². The molecule has 3 heteroatoms. The highest BCUT2D eigenvalue weighted by molar-refractivity contribution is 5.71. The van der Waals surface area contributed by atoms with E-state index < -0.39 is 5.67 Å². The van der Waals surface area contributed by atoms with E-state index in [1.165, 1.54) is 61.9 Å². The van der Waals surface area contributed by atoms with E-state index in [9.17, 15) is 4.39 Å². The smallest absolute Gasteiger partial charge is 0.116 e. The van der Waals surface area contributed by atoms with Crippen molar-refractivity contribution < 1.29 is 9.18 Å². The fourth-order valence-electron chi connectivity index (χ4n) is 3.95. The first-order valence-corrected chi connectivity index (χ1v) is 14.9. The number of nitrogens with two attached hydrogens (primary N) is 1. The molecule has 3 rings (SSSR count). The van der Waals surface area contributed by atoms with Crippen molar-refractivity contribution >= 4 is 18.4 Å². The van der Waals surface area contributed by atoms with Crippen LogP contribution < -0.4 is 5.73 Å². The number of hydrogen-bond acceptors (Lipinski definition) is 2. The van der Waals surface area contributed by atoms with Crippen LogP contribution in [0.15, 0.2) is 66.3 Å². The summed E-state index contributed by atoms with van der Waals surface area (Å²) in [5.74, 6) is 1.65. The molecule has 0 radical (unpaired) electrons. The molecular weight excluding hydrogens is 505 g/mol. The summed E-state index contributed by atoms with van der Waals surface area (Å²) in [5.41, 5.74) is 15.8. The van der Waals surface area contributed by atoms with Gasteiger partial charge in [0, 0.05) is 0 Å². The highest BCUT2D eigenvalue weighted by atomic mass is 19.1. The van der Waals surface area contributed by atoms with E-state index in [0.717, 1.165) is 29.3 Å². The molecule has 0 amide bonds. The molecule has 230 valence electrons. The SMILES string of the molecule is C=C(C)C(=C)/C=C\C(C)=C/C.C=Cc1cc2c(c(C)c1/C=C(\C)C1CC1)CC(C)C2.CC=O.CCC(C)(C)F.CN. The third-order valence-electron chi connectivity index (χ3n) is 7.21. The summed E-state index contributed by atoms with van der Waals surface area (Å²) in [5, 5.41) is 0. The van der Waals surface area contributed by atoms with Crippen molar-refractivity contribution in [2.75, 3.05) is 7.05 Å². The second-order valence-electron chi connectivity index (χ2n) is 11.5. The molecule has 2 aliphatic carbocycles. The van der Waals surface area contributed by atoms with Crippen LogP contribution in [0.5, 0.6) is 0 Å². The Labute approximate surface area is 253 Å². The van der Waals surface area contributed by atoms with Crippen LogP contribution in [-0.4, -0.2) is 19.0 Å². The van der Waals surface area contributed by atoms with Gasteiger partial charge in [0.15, 0.2) is 0 Å². The normalized spacial score (nSPS) is 15.9. The Morgan fingerprint density at radius 3 is 2.00 bits per heavy atom. The topological polar surface area (TPSA) is 43.1 Å². The van der Waals surface area contributed by atoms with Crippen molar-refractivity contribution in [2.45, 2.75) is 107 Å². The summed E-state index contributed by atoms with van der Waals surface area (Å²) in [6.45, 7) is 31.1. The van der Waals surface area contributed by atoms with E-state index in [2.05, 4.69) is 71.4 Å². The van der Waals surface area contributed by atoms with Crippen molar-refractivity contribution in [2.24, 2.45) is 17.6 Å². The predicted octanol–water partition coefficient (Wildman–Crippen LogP) is 10.8. The van der Waals surface area contributed by atoms with Crippen molar-refractivity contribution in [1.82, 2.24) is 0 Å². The number of benzene rings is 1. The molecule has 1 aromatic rings. The van der Waals surface area contributed by atoms with Crippen LogP contribution in [0.4, 0.5) is 4.39 Å². The Hall–Kier alpha value is -2.78. The second kappa shape index (κ2) is 21.0. The van der Waals surface area contributed by atoms with E-state index in [4.69, 9.17) is 4.79 Å². The van der Waals surface area contributed by atoms with E-state index in [-0.39, 0.29) is 0 Å². The molecular formula is C38H60FNO. The maximum absolute atomic E-state index is 12.1. The molecule has 1 atom stereocenters. The van der Waals surface area contributed by atoms with Gasteiger partial charge < -0.3 is 10.5 Å². The van der Waals surface area contributed by atoms with Gasteiger partial charge in [-0.05, 0) is 140 Å². The number of aldehydes is 1. The number of hydrogen-bond donors (Lipinski definition) is 1. The number of carbonyl (C=O) groups excluding carboxylic acids is 1. The minimum Gasteiger partial charge on any atom is -0.333 e. The lowest BCUT2D eigenvalue weighted by molar-refractivity contribution is -0.106. The van der Waals surface area contributed by atoms with Gasteiger partial charge in [-0.1, -0.05) is 86.8 Å². The first-order chi connectivity index (χ1) is 19.1. The molecule has 0 spiro atoms. The van der Waals surface area contributed by atoms with Gasteiger partial charge in [-0.15, -0.1) is 0 Å². The van der Waals surface area contributed by atoms with Crippen molar-refractivity contribution in [3.63, 3.8) is 0 Å². The minimum atomic E-state index is -0.958. The van der Waals surface area contributed by atoms with Crippen LogP contribution in [0.25, 0.3) is 12.2 Å². The van der Waals surface area contributed by atoms with E-state index in [0.29, 0.717) is 6.42 Å². The van der Waals surface area contributed by atoms with Crippen molar-refractivity contribution in [1.29, 1.82) is 0 Å². The number of carbonyl (C=O) groups is 1. The molecule has 1 saturated carbocycles. The molecule has 2 N–H and O–H groups in total. The van der Waals surface area contributed by atoms with Gasteiger partial charge in [0.25, 0.3) is 0 Å². The predicted molar refractivity (Wildman–Crippen MR) is 184 cm³/mol. The lowest BCUT2D eigenvalue weighted by Gasteiger charge is -2.13. The van der Waals surface area contributed by atoms with Gasteiger partial charge in [-0.3, -0.25) is 0 Å². The number of alkyl halides is 1. The zero-order valence-corrected chi connectivity index (χ0v) is 28.2. The molecule has 0 aromatic heterocycles. The second-order valence-corrected chi connectivity index (χ2v) is 11.5. The number of rotatable bonds is 7. The first kappa shape index (κ1) is 40.4. The lowest BCUT2D eigenvalue weighted by Crippen LogP contribution is -2.07. The summed E-state index contributed by atoms with van der Waals surface area (Å²) in [6.07, 6.45) is 17.1. The minimum absolute atomic E-state index is 0.604. The van der Waals surface area contributed by atoms with E-state index in [1.807, 2.05) is 39.0 Å². The van der Waals surface area contributed by atoms with Crippen LogP contribution >= 0.6 is 0 Å². The fourth-order valence-corrected chi connectivity index (χ4v) is 3.95. The van der Waals surface area contributed by atoms with Crippen LogP contribution in [0.2, 0.25) is 0 Å². The zero-order chi connectivity index (χ0) is 32.3. The Bertz CT molecular complexity index is 1070. The third-order valence-corrected chi connectivity index (χ3v) is 7.21. The quantitative estimate of drug-likeness (QED) is 0.264. The van der Waals surface area contributed by atoms with Gasteiger partial charge in [0.05, 0.1) is 0 Å². The van der Waals surface area contributed by atoms with E-state index in [1.54, 1.807) is 30.5 Å². The lowest BCUT2D eigenvalue weighted by atomic mass is 9.92. The Morgan fingerprint density at radius 1 is 1.10 bits per heavy atom. The Morgan fingerprint density at radius 2 is 1.61 bits per heavy atom. The molecule has 0 saturated heterocycles. The maximum atomic E-state index is 12.1. The molecule has 2 aliphatic rings. The Balaban J connectivity index is 0. The highest BCUT2D eigenvalue weighted by Crippen LogP contribution is 2.39. The summed E-state index contributed by atoms with van der Waals surface area (Å²) in [7, 11) is 1.50. The van der Waals surface area contributed by atoms with Gasteiger partial charge in [0.2, 0.25) is 0 Å². The molecule has 0 heterocycles. The van der Waals surface area contributed by atoms with E-state index >= 15 is 0 Å². The number of fused-ring (bicyclic) bond motifs is 1. The average molecular weight is 566 g/mol. The third kappa shape index (κ3) is 16.9. The summed E-state index contributed by atoms with van der Waals surface area (Å²) in [6, 6.07) is 2.38. The zero-order valence-electron chi connectivity index (χ0n) is 28.2. The van der Waals surface area contributed by atoms with Crippen molar-refractivity contribution in [3.05, 3.63) is 94.1 Å². The van der Waals surface area contributed by atoms with Crippen LogP contribution in [-0.2, 0) is 17.6 Å². The number of allylic oxidation sites excluding steroid dienone is 7. The van der Waals surface area contributed by atoms with Crippen LogP contribution in [0.3, 0.4) is 0 Å². The van der Waals surface area contributed by atoms with Crippen LogP contribution in [0.1, 0.15) is 109 Å². The molecule has 1 aromatic carbocycles. The largest absolute Gasteiger partial charge is 0.333 e. The highest BCUT2D eigenvalue weighted by Gasteiger charge is 2.25. The standard InChI is InChI=1S/C19H24.C11H16.C5H11F.C2H4O.CH5N/c1-5-15-11-17-8-12(2)9-18(17)14(4)19(15)10-13(3)16-6-7-16;1-6-10(4)7-8-11(5)9(2)3;1-4-5(2,3)6;1-2-3;1-2/h5,10-12,16H,1,6-9H2,2-4H3;6-8H,2,5H2,1,3-4H3;4H2,1-3H3;2H,1H3;2H2,1H3/b13-10+;8-7-,10-6-;;;. The van der Waals surface area contributed by atoms with Crippen molar-refractivity contribution in [3.8, 4) is 0 Å².